The fourth-order valence-corrected chi connectivity index (χ4v) is 2.33. The monoisotopic (exact) mass is 317 g/mol. The lowest BCUT2D eigenvalue weighted by Crippen LogP contribution is -1.98. The number of nitrogens with one attached hydrogen (secondary N) is 1. The first-order chi connectivity index (χ1) is 11.7. The second-order valence-electron chi connectivity index (χ2n) is 5.55. The Hall–Kier alpha value is -3.14. The number of hydrogen-bond acceptors (Lipinski definition) is 4. The van der Waals surface area contributed by atoms with Crippen molar-refractivity contribution in [3.8, 4) is 5.75 Å². The fraction of sp³-hybridized carbons (Fsp3) is 0.100. The standard InChI is InChI=1S/C20H19N3O/c1-15-11-12-19(20(24)13-15)23-22-18-10-6-5-9-17(18)21-14-16-7-3-2-4-8-16/h2-13,21,24H,14H2,1H3. The highest BCUT2D eigenvalue weighted by molar-refractivity contribution is 5.65. The molecule has 0 saturated heterocycles. The summed E-state index contributed by atoms with van der Waals surface area (Å²) in [6.07, 6.45) is 0. The zero-order valence-corrected chi connectivity index (χ0v) is 13.5. The first-order valence-electron chi connectivity index (χ1n) is 7.80. The van der Waals surface area contributed by atoms with Gasteiger partial charge in [-0.15, -0.1) is 10.2 Å². The molecule has 2 N–H and O–H groups in total. The van der Waals surface area contributed by atoms with E-state index in [0.29, 0.717) is 12.2 Å². The molecular formula is C20H19N3O. The highest BCUT2D eigenvalue weighted by Gasteiger charge is 2.03. The fourth-order valence-electron chi connectivity index (χ4n) is 2.33. The summed E-state index contributed by atoms with van der Waals surface area (Å²) in [4.78, 5) is 0. The number of phenolic OH excluding ortho intramolecular Hbond substituents is 1. The molecule has 0 aromatic heterocycles. The van der Waals surface area contributed by atoms with Gasteiger partial charge in [0.1, 0.15) is 17.1 Å². The number of phenols is 1. The highest BCUT2D eigenvalue weighted by atomic mass is 16.3. The minimum atomic E-state index is 0.133. The first-order valence-corrected chi connectivity index (χ1v) is 7.80. The third kappa shape index (κ3) is 3.98. The van der Waals surface area contributed by atoms with E-state index in [0.717, 1.165) is 16.9 Å². The van der Waals surface area contributed by atoms with E-state index in [1.807, 2.05) is 55.5 Å². The molecule has 0 fully saturated rings. The molecule has 120 valence electrons. The van der Waals surface area contributed by atoms with Crippen molar-refractivity contribution in [1.82, 2.24) is 0 Å². The lowest BCUT2D eigenvalue weighted by Gasteiger charge is -2.08. The molecule has 0 atom stereocenters. The second-order valence-corrected chi connectivity index (χ2v) is 5.55. The van der Waals surface area contributed by atoms with Crippen LogP contribution in [0.5, 0.6) is 5.75 Å². The van der Waals surface area contributed by atoms with Crippen LogP contribution in [0.15, 0.2) is 83.0 Å². The van der Waals surface area contributed by atoms with Gasteiger partial charge in [-0.05, 0) is 42.3 Å². The van der Waals surface area contributed by atoms with Gasteiger partial charge in [-0.2, -0.15) is 0 Å². The largest absolute Gasteiger partial charge is 0.506 e. The maximum Gasteiger partial charge on any atom is 0.143 e. The van der Waals surface area contributed by atoms with E-state index in [4.69, 9.17) is 0 Å². The predicted octanol–water partition coefficient (Wildman–Crippen LogP) is 5.73. The van der Waals surface area contributed by atoms with E-state index in [2.05, 4.69) is 27.7 Å². The number of benzene rings is 3. The average molecular weight is 317 g/mol. The van der Waals surface area contributed by atoms with E-state index >= 15 is 0 Å². The minimum Gasteiger partial charge on any atom is -0.506 e. The van der Waals surface area contributed by atoms with Gasteiger partial charge in [-0.25, -0.2) is 0 Å². The Bertz CT molecular complexity index is 845. The molecule has 3 aromatic rings. The van der Waals surface area contributed by atoms with Crippen LogP contribution in [0.2, 0.25) is 0 Å². The number of hydrogen-bond donors (Lipinski definition) is 2. The Kier molecular flexibility index (Phi) is 4.87. The summed E-state index contributed by atoms with van der Waals surface area (Å²) in [6, 6.07) is 23.2. The second kappa shape index (κ2) is 7.42. The SMILES string of the molecule is Cc1ccc(N=Nc2ccccc2NCc2ccccc2)c(O)c1. The molecule has 0 saturated carbocycles. The lowest BCUT2D eigenvalue weighted by molar-refractivity contribution is 0.476. The van der Waals surface area contributed by atoms with Crippen LogP contribution in [0.1, 0.15) is 11.1 Å². The van der Waals surface area contributed by atoms with Crippen LogP contribution in [-0.4, -0.2) is 5.11 Å². The van der Waals surface area contributed by atoms with Gasteiger partial charge in [0.2, 0.25) is 0 Å². The van der Waals surface area contributed by atoms with Gasteiger partial charge in [-0.1, -0.05) is 48.5 Å². The maximum absolute atomic E-state index is 9.92. The van der Waals surface area contributed by atoms with Gasteiger partial charge in [-0.3, -0.25) is 0 Å². The van der Waals surface area contributed by atoms with Crippen molar-refractivity contribution in [2.45, 2.75) is 13.5 Å². The summed E-state index contributed by atoms with van der Waals surface area (Å²) in [5.41, 5.74) is 4.26. The number of rotatable bonds is 5. The number of para-hydroxylation sites is 1. The van der Waals surface area contributed by atoms with Crippen molar-refractivity contribution in [3.05, 3.63) is 83.9 Å². The predicted molar refractivity (Wildman–Crippen MR) is 97.2 cm³/mol. The molecule has 0 aliphatic carbocycles. The van der Waals surface area contributed by atoms with Crippen molar-refractivity contribution in [2.75, 3.05) is 5.32 Å². The first kappa shape index (κ1) is 15.7. The van der Waals surface area contributed by atoms with E-state index in [-0.39, 0.29) is 5.75 Å². The van der Waals surface area contributed by atoms with E-state index in [1.54, 1.807) is 12.1 Å². The Morgan fingerprint density at radius 2 is 1.54 bits per heavy atom. The number of azo groups is 1. The third-order valence-electron chi connectivity index (χ3n) is 3.63. The molecule has 24 heavy (non-hydrogen) atoms. The van der Waals surface area contributed by atoms with Crippen molar-refractivity contribution >= 4 is 17.1 Å². The lowest BCUT2D eigenvalue weighted by atomic mass is 10.2. The molecule has 0 bridgehead atoms. The molecule has 0 unspecified atom stereocenters. The van der Waals surface area contributed by atoms with Crippen molar-refractivity contribution < 1.29 is 5.11 Å². The summed E-state index contributed by atoms with van der Waals surface area (Å²) in [7, 11) is 0. The summed E-state index contributed by atoms with van der Waals surface area (Å²) >= 11 is 0. The average Bonchev–Trinajstić information content (AvgIpc) is 2.61. The molecule has 0 radical (unpaired) electrons. The van der Waals surface area contributed by atoms with Crippen LogP contribution < -0.4 is 5.32 Å². The van der Waals surface area contributed by atoms with E-state index < -0.39 is 0 Å². The van der Waals surface area contributed by atoms with Gasteiger partial charge in [0.15, 0.2) is 0 Å². The zero-order valence-electron chi connectivity index (χ0n) is 13.5. The van der Waals surface area contributed by atoms with Gasteiger partial charge in [0.25, 0.3) is 0 Å². The molecule has 4 nitrogen and oxygen atoms in total. The third-order valence-corrected chi connectivity index (χ3v) is 3.63. The number of aromatic hydroxyl groups is 1. The Balaban J connectivity index is 1.77. The maximum atomic E-state index is 9.92. The van der Waals surface area contributed by atoms with Crippen LogP contribution in [0, 0.1) is 6.92 Å². The topological polar surface area (TPSA) is 57.0 Å². The Morgan fingerprint density at radius 3 is 2.33 bits per heavy atom. The molecule has 0 amide bonds. The van der Waals surface area contributed by atoms with Gasteiger partial charge < -0.3 is 10.4 Å². The smallest absolute Gasteiger partial charge is 0.143 e. The quantitative estimate of drug-likeness (QED) is 0.590. The van der Waals surface area contributed by atoms with Gasteiger partial charge in [0, 0.05) is 6.54 Å². The molecule has 0 spiro atoms. The summed E-state index contributed by atoms with van der Waals surface area (Å²) < 4.78 is 0. The summed E-state index contributed by atoms with van der Waals surface area (Å²) in [5.74, 6) is 0.133. The van der Waals surface area contributed by atoms with Crippen molar-refractivity contribution in [1.29, 1.82) is 0 Å². The van der Waals surface area contributed by atoms with E-state index in [9.17, 15) is 5.11 Å². The van der Waals surface area contributed by atoms with Crippen molar-refractivity contribution in [3.63, 3.8) is 0 Å². The molecule has 0 heterocycles. The summed E-state index contributed by atoms with van der Waals surface area (Å²) in [6.45, 7) is 2.63. The van der Waals surface area contributed by atoms with Crippen LogP contribution in [0.3, 0.4) is 0 Å². The molecule has 0 aliphatic rings. The molecule has 3 rings (SSSR count). The molecular weight excluding hydrogens is 298 g/mol. The van der Waals surface area contributed by atoms with Gasteiger partial charge in [0.05, 0.1) is 5.69 Å². The van der Waals surface area contributed by atoms with Crippen molar-refractivity contribution in [2.24, 2.45) is 10.2 Å². The zero-order chi connectivity index (χ0) is 16.8. The summed E-state index contributed by atoms with van der Waals surface area (Å²) in [5, 5.41) is 21.7. The Labute approximate surface area is 141 Å². The van der Waals surface area contributed by atoms with E-state index in [1.165, 1.54) is 5.56 Å². The molecule has 0 aliphatic heterocycles. The van der Waals surface area contributed by atoms with Crippen LogP contribution in [0.25, 0.3) is 0 Å². The molecule has 3 aromatic carbocycles. The Morgan fingerprint density at radius 1 is 0.833 bits per heavy atom. The number of anilines is 1. The molecule has 4 heteroatoms. The normalized spacial score (nSPS) is 10.9. The highest BCUT2D eigenvalue weighted by Crippen LogP contribution is 2.31. The van der Waals surface area contributed by atoms with Crippen LogP contribution in [-0.2, 0) is 6.54 Å². The van der Waals surface area contributed by atoms with Crippen LogP contribution >= 0.6 is 0 Å². The van der Waals surface area contributed by atoms with Gasteiger partial charge >= 0.3 is 0 Å². The minimum absolute atomic E-state index is 0.133. The number of nitrogens with zero attached hydrogens (tertiary/aromatic N) is 2. The van der Waals surface area contributed by atoms with Crippen LogP contribution in [0.4, 0.5) is 17.1 Å². The number of aryl methyl sites for hydroxylation is 1.